The minimum absolute atomic E-state index is 0.105. The Morgan fingerprint density at radius 2 is 1.87 bits per heavy atom. The van der Waals surface area contributed by atoms with Crippen molar-refractivity contribution in [1.82, 2.24) is 5.32 Å². The SMILES string of the molecule is C[C@H](O)CNC(=O)[C@H]1CC(=O)N(c2ccc(OCC(=O)Nc3ccc(F)cc3)cc2)C1. The highest BCUT2D eigenvalue weighted by molar-refractivity contribution is 6.00. The van der Waals surface area contributed by atoms with Crippen molar-refractivity contribution in [2.75, 3.05) is 29.9 Å². The van der Waals surface area contributed by atoms with Crippen molar-refractivity contribution in [1.29, 1.82) is 0 Å². The Kier molecular flexibility index (Phi) is 7.19. The number of halogens is 1. The molecule has 1 heterocycles. The molecular weight excluding hydrogens is 405 g/mol. The standard InChI is InChI=1S/C22H24FN3O5/c1-14(27)11-24-22(30)15-10-21(29)26(12-15)18-6-8-19(9-7-18)31-13-20(28)25-17-4-2-16(23)3-5-17/h2-9,14-15,27H,10-13H2,1H3,(H,24,30)(H,25,28)/t14-,15-/m0/s1. The average molecular weight is 429 g/mol. The van der Waals surface area contributed by atoms with Gasteiger partial charge in [-0.2, -0.15) is 0 Å². The van der Waals surface area contributed by atoms with Crippen LogP contribution in [0.4, 0.5) is 15.8 Å². The maximum atomic E-state index is 12.9. The van der Waals surface area contributed by atoms with Gasteiger partial charge in [0.1, 0.15) is 11.6 Å². The van der Waals surface area contributed by atoms with Gasteiger partial charge < -0.3 is 25.4 Å². The lowest BCUT2D eigenvalue weighted by Gasteiger charge is -2.17. The topological polar surface area (TPSA) is 108 Å². The van der Waals surface area contributed by atoms with Gasteiger partial charge in [-0.1, -0.05) is 0 Å². The van der Waals surface area contributed by atoms with Gasteiger partial charge in [0.25, 0.3) is 5.91 Å². The maximum Gasteiger partial charge on any atom is 0.262 e. The summed E-state index contributed by atoms with van der Waals surface area (Å²) in [6.45, 7) is 1.74. The quantitative estimate of drug-likeness (QED) is 0.592. The first-order valence-corrected chi connectivity index (χ1v) is 9.86. The molecule has 1 fully saturated rings. The second-order valence-corrected chi connectivity index (χ2v) is 7.34. The van der Waals surface area contributed by atoms with Crippen LogP contribution in [0.5, 0.6) is 5.75 Å². The van der Waals surface area contributed by atoms with Crippen molar-refractivity contribution in [3.63, 3.8) is 0 Å². The smallest absolute Gasteiger partial charge is 0.262 e. The number of amides is 3. The van der Waals surface area contributed by atoms with Gasteiger partial charge in [-0.3, -0.25) is 14.4 Å². The summed E-state index contributed by atoms with van der Waals surface area (Å²) in [4.78, 5) is 37.9. The molecule has 0 spiro atoms. The summed E-state index contributed by atoms with van der Waals surface area (Å²) in [6.07, 6.45) is -0.546. The van der Waals surface area contributed by atoms with E-state index >= 15 is 0 Å². The second-order valence-electron chi connectivity index (χ2n) is 7.34. The number of rotatable bonds is 8. The van der Waals surface area contributed by atoms with Gasteiger partial charge in [0.2, 0.25) is 11.8 Å². The molecule has 0 saturated carbocycles. The second kappa shape index (κ2) is 10.0. The number of nitrogens with zero attached hydrogens (tertiary/aromatic N) is 1. The van der Waals surface area contributed by atoms with Gasteiger partial charge in [-0.25, -0.2) is 4.39 Å². The van der Waals surface area contributed by atoms with Crippen molar-refractivity contribution >= 4 is 29.1 Å². The highest BCUT2D eigenvalue weighted by Crippen LogP contribution is 2.27. The summed E-state index contributed by atoms with van der Waals surface area (Å²) in [5.74, 6) is -1.24. The lowest BCUT2D eigenvalue weighted by Crippen LogP contribution is -2.36. The fourth-order valence-electron chi connectivity index (χ4n) is 3.13. The minimum Gasteiger partial charge on any atom is -0.484 e. The minimum atomic E-state index is -0.650. The van der Waals surface area contributed by atoms with E-state index in [0.29, 0.717) is 17.1 Å². The summed E-state index contributed by atoms with van der Waals surface area (Å²) in [5, 5.41) is 14.5. The molecule has 8 nitrogen and oxygen atoms in total. The number of aliphatic hydroxyl groups is 1. The summed E-state index contributed by atoms with van der Waals surface area (Å²) >= 11 is 0. The van der Waals surface area contributed by atoms with Gasteiger partial charge in [0.15, 0.2) is 6.61 Å². The first kappa shape index (κ1) is 22.2. The van der Waals surface area contributed by atoms with Crippen LogP contribution < -0.4 is 20.3 Å². The third kappa shape index (κ3) is 6.26. The van der Waals surface area contributed by atoms with Gasteiger partial charge in [-0.05, 0) is 55.5 Å². The molecule has 0 bridgehead atoms. The number of benzene rings is 2. The first-order valence-electron chi connectivity index (χ1n) is 9.86. The molecule has 2 aromatic rings. The van der Waals surface area contributed by atoms with E-state index in [4.69, 9.17) is 4.74 Å². The van der Waals surface area contributed by atoms with E-state index in [-0.39, 0.29) is 37.9 Å². The van der Waals surface area contributed by atoms with Crippen molar-refractivity contribution in [2.45, 2.75) is 19.4 Å². The summed E-state index contributed by atoms with van der Waals surface area (Å²) in [7, 11) is 0. The maximum absolute atomic E-state index is 12.9. The van der Waals surface area contributed by atoms with Crippen LogP contribution in [0.3, 0.4) is 0 Å². The van der Waals surface area contributed by atoms with Crippen molar-refractivity contribution in [3.8, 4) is 5.75 Å². The number of nitrogens with one attached hydrogen (secondary N) is 2. The monoisotopic (exact) mass is 429 g/mol. The average Bonchev–Trinajstić information content (AvgIpc) is 3.14. The van der Waals surface area contributed by atoms with Crippen LogP contribution in [0.1, 0.15) is 13.3 Å². The summed E-state index contributed by atoms with van der Waals surface area (Å²) < 4.78 is 18.3. The Bertz CT molecular complexity index is 931. The largest absolute Gasteiger partial charge is 0.484 e. The van der Waals surface area contributed by atoms with E-state index in [1.165, 1.54) is 29.2 Å². The highest BCUT2D eigenvalue weighted by Gasteiger charge is 2.35. The number of anilines is 2. The van der Waals surface area contributed by atoms with E-state index in [1.54, 1.807) is 31.2 Å². The number of hydrogen-bond donors (Lipinski definition) is 3. The Balaban J connectivity index is 1.50. The number of carbonyl (C=O) groups is 3. The predicted octanol–water partition coefficient (Wildman–Crippen LogP) is 1.69. The molecule has 1 saturated heterocycles. The van der Waals surface area contributed by atoms with Gasteiger partial charge in [0, 0.05) is 30.9 Å². The van der Waals surface area contributed by atoms with Crippen molar-refractivity contribution in [3.05, 3.63) is 54.3 Å². The lowest BCUT2D eigenvalue weighted by atomic mass is 10.1. The molecule has 0 aliphatic carbocycles. The molecule has 2 atom stereocenters. The molecule has 0 unspecified atom stereocenters. The van der Waals surface area contributed by atoms with Crippen LogP contribution in [0, 0.1) is 11.7 Å². The normalized spacial score (nSPS) is 16.7. The molecule has 9 heteroatoms. The van der Waals surface area contributed by atoms with Crippen LogP contribution in [0.25, 0.3) is 0 Å². The highest BCUT2D eigenvalue weighted by atomic mass is 19.1. The number of hydrogen-bond acceptors (Lipinski definition) is 5. The molecule has 3 N–H and O–H groups in total. The van der Waals surface area contributed by atoms with Crippen LogP contribution in [0.2, 0.25) is 0 Å². The lowest BCUT2D eigenvalue weighted by molar-refractivity contribution is -0.126. The summed E-state index contributed by atoms with van der Waals surface area (Å²) in [5.41, 5.74) is 1.09. The van der Waals surface area contributed by atoms with Crippen molar-refractivity contribution in [2.24, 2.45) is 5.92 Å². The Labute approximate surface area is 179 Å². The van der Waals surface area contributed by atoms with E-state index < -0.39 is 23.7 Å². The third-order valence-corrected chi connectivity index (χ3v) is 4.71. The fourth-order valence-corrected chi connectivity index (χ4v) is 3.13. The molecule has 3 rings (SSSR count). The Hall–Kier alpha value is -3.46. The molecule has 0 radical (unpaired) electrons. The molecule has 1 aliphatic rings. The van der Waals surface area contributed by atoms with E-state index in [2.05, 4.69) is 10.6 Å². The van der Waals surface area contributed by atoms with Gasteiger partial charge in [0.05, 0.1) is 12.0 Å². The van der Waals surface area contributed by atoms with E-state index in [9.17, 15) is 23.9 Å². The molecular formula is C22H24FN3O5. The zero-order valence-corrected chi connectivity index (χ0v) is 17.0. The molecule has 1 aliphatic heterocycles. The molecule has 2 aromatic carbocycles. The third-order valence-electron chi connectivity index (χ3n) is 4.71. The van der Waals surface area contributed by atoms with Crippen LogP contribution in [0.15, 0.2) is 48.5 Å². The van der Waals surface area contributed by atoms with Gasteiger partial charge in [-0.15, -0.1) is 0 Å². The number of aliphatic hydroxyl groups excluding tert-OH is 1. The van der Waals surface area contributed by atoms with Crippen molar-refractivity contribution < 1.29 is 28.6 Å². The van der Waals surface area contributed by atoms with Crippen LogP contribution in [-0.2, 0) is 14.4 Å². The molecule has 31 heavy (non-hydrogen) atoms. The van der Waals surface area contributed by atoms with E-state index in [0.717, 1.165) is 0 Å². The Morgan fingerprint density at radius 1 is 1.19 bits per heavy atom. The zero-order valence-electron chi connectivity index (χ0n) is 17.0. The van der Waals surface area contributed by atoms with Crippen LogP contribution >= 0.6 is 0 Å². The summed E-state index contributed by atoms with van der Waals surface area (Å²) in [6, 6.07) is 12.0. The Morgan fingerprint density at radius 3 is 2.52 bits per heavy atom. The van der Waals surface area contributed by atoms with E-state index in [1.807, 2.05) is 0 Å². The molecule has 164 valence electrons. The fraction of sp³-hybridized carbons (Fsp3) is 0.318. The first-order chi connectivity index (χ1) is 14.8. The number of carbonyl (C=O) groups excluding carboxylic acids is 3. The molecule has 0 aromatic heterocycles. The number of ether oxygens (including phenoxy) is 1. The van der Waals surface area contributed by atoms with Gasteiger partial charge >= 0.3 is 0 Å². The zero-order chi connectivity index (χ0) is 22.4. The predicted molar refractivity (Wildman–Crippen MR) is 112 cm³/mol. The molecule has 3 amide bonds. The van der Waals surface area contributed by atoms with Crippen LogP contribution in [-0.4, -0.2) is 48.6 Å².